The number of allylic oxidation sites excluding steroid dienone is 1. The summed E-state index contributed by atoms with van der Waals surface area (Å²) in [4.78, 5) is 10.8. The van der Waals surface area contributed by atoms with Crippen LogP contribution in [-0.4, -0.2) is 17.7 Å². The molecular weight excluding hydrogens is 432 g/mol. The Labute approximate surface area is 211 Å². The molecule has 2 aromatic rings. The third kappa shape index (κ3) is 8.56. The molecule has 0 atom stereocenters. The fourth-order valence-electron chi connectivity index (χ4n) is 5.28. The van der Waals surface area contributed by atoms with E-state index in [1.54, 1.807) is 0 Å². The predicted octanol–water partition coefficient (Wildman–Crippen LogP) is 8.72. The van der Waals surface area contributed by atoms with E-state index in [0.29, 0.717) is 13.0 Å². The molecule has 2 aromatic carbocycles. The van der Waals surface area contributed by atoms with Crippen molar-refractivity contribution in [2.75, 3.05) is 6.61 Å². The van der Waals surface area contributed by atoms with Gasteiger partial charge in [0.25, 0.3) is 0 Å². The molecule has 0 spiro atoms. The molecule has 3 heteroatoms. The van der Waals surface area contributed by atoms with Crippen LogP contribution in [0.1, 0.15) is 112 Å². The lowest BCUT2D eigenvalue weighted by molar-refractivity contribution is -0.137. The number of aryl methyl sites for hydroxylation is 1. The lowest BCUT2D eigenvalue weighted by Crippen LogP contribution is -2.06. The minimum Gasteiger partial charge on any atom is -0.489 e. The van der Waals surface area contributed by atoms with Gasteiger partial charge in [-0.2, -0.15) is 0 Å². The molecular formula is C32H42O3. The summed E-state index contributed by atoms with van der Waals surface area (Å²) in [6, 6.07) is 17.7. The Kier molecular flexibility index (Phi) is 9.86. The smallest absolute Gasteiger partial charge is 0.303 e. The number of hydrogen-bond acceptors (Lipinski definition) is 2. The van der Waals surface area contributed by atoms with Crippen LogP contribution in [0, 0.1) is 0 Å². The van der Waals surface area contributed by atoms with Gasteiger partial charge in [-0.3, -0.25) is 4.79 Å². The summed E-state index contributed by atoms with van der Waals surface area (Å²) in [6.07, 6.45) is 17.2. The van der Waals surface area contributed by atoms with Crippen LogP contribution < -0.4 is 4.74 Å². The molecule has 35 heavy (non-hydrogen) atoms. The number of carbonyl (C=O) groups is 1. The normalized spacial score (nSPS) is 20.0. The molecule has 0 heterocycles. The Hall–Kier alpha value is -2.55. The highest BCUT2D eigenvalue weighted by atomic mass is 16.5. The maximum absolute atomic E-state index is 10.8. The van der Waals surface area contributed by atoms with Gasteiger partial charge in [-0.05, 0) is 97.3 Å². The third-order valence-corrected chi connectivity index (χ3v) is 7.58. The van der Waals surface area contributed by atoms with Gasteiger partial charge >= 0.3 is 5.97 Å². The molecule has 0 radical (unpaired) electrons. The van der Waals surface area contributed by atoms with Crippen molar-refractivity contribution in [1.29, 1.82) is 0 Å². The highest BCUT2D eigenvalue weighted by Crippen LogP contribution is 2.40. The molecule has 0 aromatic heterocycles. The number of benzene rings is 2. The largest absolute Gasteiger partial charge is 0.489 e. The molecule has 0 unspecified atom stereocenters. The van der Waals surface area contributed by atoms with E-state index in [1.165, 1.54) is 92.0 Å². The molecule has 0 aliphatic heterocycles. The standard InChI is InChI=1S/C32H42O3/c33-32(34)13-9-10-25-14-22-30(23-15-25)35-24-29-11-7-5-3-1-2-4-6-8-12-31(29)28-20-18-27(19-21-28)26-16-17-26/h14-15,18-23,26H,1-13,16-17,24H2,(H,33,34)/b31-29-. The minimum atomic E-state index is -0.728. The van der Waals surface area contributed by atoms with Gasteiger partial charge in [0, 0.05) is 6.42 Å². The molecule has 0 bridgehead atoms. The predicted molar refractivity (Wildman–Crippen MR) is 144 cm³/mol. The van der Waals surface area contributed by atoms with Gasteiger partial charge in [-0.15, -0.1) is 0 Å². The molecule has 3 nitrogen and oxygen atoms in total. The second kappa shape index (κ2) is 13.5. The van der Waals surface area contributed by atoms with Crippen molar-refractivity contribution in [2.24, 2.45) is 0 Å². The highest BCUT2D eigenvalue weighted by molar-refractivity contribution is 5.69. The monoisotopic (exact) mass is 474 g/mol. The summed E-state index contributed by atoms with van der Waals surface area (Å²) in [5.41, 5.74) is 7.04. The second-order valence-corrected chi connectivity index (χ2v) is 10.5. The number of rotatable bonds is 9. The van der Waals surface area contributed by atoms with Crippen molar-refractivity contribution in [3.8, 4) is 5.75 Å². The number of carboxylic acids is 1. The van der Waals surface area contributed by atoms with Crippen molar-refractivity contribution in [2.45, 2.75) is 102 Å². The molecule has 2 aliphatic carbocycles. The zero-order chi connectivity index (χ0) is 24.3. The quantitative estimate of drug-likeness (QED) is 0.395. The molecule has 4 rings (SSSR count). The number of aliphatic carboxylic acids is 1. The second-order valence-electron chi connectivity index (χ2n) is 10.5. The molecule has 0 amide bonds. The van der Waals surface area contributed by atoms with Crippen LogP contribution in [-0.2, 0) is 11.2 Å². The van der Waals surface area contributed by atoms with Crippen LogP contribution in [0.2, 0.25) is 0 Å². The number of hydrogen-bond donors (Lipinski definition) is 1. The zero-order valence-electron chi connectivity index (χ0n) is 21.3. The van der Waals surface area contributed by atoms with Crippen molar-refractivity contribution in [3.05, 3.63) is 70.8 Å². The van der Waals surface area contributed by atoms with Gasteiger partial charge in [0.2, 0.25) is 0 Å². The molecule has 1 saturated carbocycles. The van der Waals surface area contributed by atoms with E-state index >= 15 is 0 Å². The Morgan fingerprint density at radius 2 is 1.43 bits per heavy atom. The average Bonchev–Trinajstić information content (AvgIpc) is 3.70. The van der Waals surface area contributed by atoms with E-state index < -0.39 is 5.97 Å². The highest BCUT2D eigenvalue weighted by Gasteiger charge is 2.23. The van der Waals surface area contributed by atoms with Crippen LogP contribution in [0.15, 0.2) is 54.1 Å². The van der Waals surface area contributed by atoms with Gasteiger partial charge in [-0.25, -0.2) is 0 Å². The first-order chi connectivity index (χ1) is 17.2. The first kappa shape index (κ1) is 25.5. The number of ether oxygens (including phenoxy) is 1. The fraction of sp³-hybridized carbons (Fsp3) is 0.531. The van der Waals surface area contributed by atoms with Crippen LogP contribution in [0.4, 0.5) is 0 Å². The average molecular weight is 475 g/mol. The summed E-state index contributed by atoms with van der Waals surface area (Å²) < 4.78 is 6.34. The lowest BCUT2D eigenvalue weighted by atomic mass is 9.90. The Morgan fingerprint density at radius 3 is 2.06 bits per heavy atom. The van der Waals surface area contributed by atoms with Crippen molar-refractivity contribution in [1.82, 2.24) is 0 Å². The molecule has 1 fully saturated rings. The molecule has 1 N–H and O–H groups in total. The SMILES string of the molecule is O=C(O)CCCc1ccc(OC/C2=C(\c3ccc(C4CC4)cc3)CCCCCCCCCC2)cc1. The van der Waals surface area contributed by atoms with Crippen LogP contribution in [0.5, 0.6) is 5.75 Å². The van der Waals surface area contributed by atoms with Crippen LogP contribution >= 0.6 is 0 Å². The van der Waals surface area contributed by atoms with E-state index in [1.807, 2.05) is 12.1 Å². The summed E-state index contributed by atoms with van der Waals surface area (Å²) >= 11 is 0. The van der Waals surface area contributed by atoms with Gasteiger partial charge in [0.15, 0.2) is 0 Å². The van der Waals surface area contributed by atoms with Crippen molar-refractivity contribution >= 4 is 11.5 Å². The van der Waals surface area contributed by atoms with Gasteiger partial charge in [-0.1, -0.05) is 74.9 Å². The van der Waals surface area contributed by atoms with Crippen LogP contribution in [0.3, 0.4) is 0 Å². The summed E-state index contributed by atoms with van der Waals surface area (Å²) in [5, 5.41) is 8.85. The molecule has 0 saturated heterocycles. The van der Waals surface area contributed by atoms with E-state index in [9.17, 15) is 4.79 Å². The maximum Gasteiger partial charge on any atom is 0.303 e. The minimum absolute atomic E-state index is 0.219. The third-order valence-electron chi connectivity index (χ3n) is 7.58. The topological polar surface area (TPSA) is 46.5 Å². The number of carboxylic acid groups (broad SMARTS) is 1. The van der Waals surface area contributed by atoms with Crippen LogP contribution in [0.25, 0.3) is 5.57 Å². The Morgan fingerprint density at radius 1 is 0.800 bits per heavy atom. The summed E-state index contributed by atoms with van der Waals surface area (Å²) in [7, 11) is 0. The molecule has 2 aliphatic rings. The van der Waals surface area contributed by atoms with Crippen molar-refractivity contribution in [3.63, 3.8) is 0 Å². The zero-order valence-corrected chi connectivity index (χ0v) is 21.3. The van der Waals surface area contributed by atoms with Gasteiger partial charge in [0.1, 0.15) is 12.4 Å². The first-order valence-electron chi connectivity index (χ1n) is 13.9. The first-order valence-corrected chi connectivity index (χ1v) is 13.9. The fourth-order valence-corrected chi connectivity index (χ4v) is 5.28. The Balaban J connectivity index is 1.47. The van der Waals surface area contributed by atoms with E-state index in [0.717, 1.165) is 30.9 Å². The van der Waals surface area contributed by atoms with Gasteiger partial charge in [0.05, 0.1) is 0 Å². The maximum atomic E-state index is 10.8. The summed E-state index contributed by atoms with van der Waals surface area (Å²) in [6.45, 7) is 0.651. The Bertz CT molecular complexity index is 951. The van der Waals surface area contributed by atoms with Gasteiger partial charge < -0.3 is 9.84 Å². The lowest BCUT2D eigenvalue weighted by Gasteiger charge is -2.19. The van der Waals surface area contributed by atoms with E-state index in [2.05, 4.69) is 36.4 Å². The summed E-state index contributed by atoms with van der Waals surface area (Å²) in [5.74, 6) is 0.964. The van der Waals surface area contributed by atoms with Crippen molar-refractivity contribution < 1.29 is 14.6 Å². The van der Waals surface area contributed by atoms with E-state index in [4.69, 9.17) is 9.84 Å². The molecule has 188 valence electrons. The van der Waals surface area contributed by atoms with E-state index in [-0.39, 0.29) is 6.42 Å².